The number of ether oxygens (including phenoxy) is 2. The Bertz CT molecular complexity index is 1320. The summed E-state index contributed by atoms with van der Waals surface area (Å²) in [4.78, 5) is 61.9. The number of carbonyl (C=O) groups excluding carboxylic acids is 4. The minimum absolute atomic E-state index is 0.0733. The lowest BCUT2D eigenvalue weighted by Crippen LogP contribution is -2.55. The van der Waals surface area contributed by atoms with Crippen LogP contribution in [0.25, 0.3) is 11.1 Å². The monoisotopic (exact) mass is 624 g/mol. The van der Waals surface area contributed by atoms with Gasteiger partial charge in [0.15, 0.2) is 0 Å². The van der Waals surface area contributed by atoms with Gasteiger partial charge in [-0.25, -0.2) is 9.59 Å². The first-order valence-electron chi connectivity index (χ1n) is 15.1. The Kier molecular flexibility index (Phi) is 12.3. The second-order valence-electron chi connectivity index (χ2n) is 12.3. The van der Waals surface area contributed by atoms with Crippen LogP contribution >= 0.6 is 0 Å². The summed E-state index contributed by atoms with van der Waals surface area (Å²) in [5.74, 6) is -3.02. The van der Waals surface area contributed by atoms with Crippen molar-refractivity contribution in [2.24, 2.45) is 5.92 Å². The number of carboxylic acid groups (broad SMARTS) is 1. The molecule has 0 saturated heterocycles. The maximum atomic E-state index is 13.3. The Morgan fingerprint density at radius 1 is 0.822 bits per heavy atom. The second kappa shape index (κ2) is 15.9. The fourth-order valence-electron chi connectivity index (χ4n) is 5.10. The highest BCUT2D eigenvalue weighted by Gasteiger charge is 2.32. The van der Waals surface area contributed by atoms with Crippen LogP contribution in [0.1, 0.15) is 70.9 Å². The first-order chi connectivity index (χ1) is 21.3. The molecule has 0 bridgehead atoms. The van der Waals surface area contributed by atoms with Gasteiger partial charge < -0.3 is 35.8 Å². The van der Waals surface area contributed by atoms with Crippen molar-refractivity contribution in [3.05, 3.63) is 59.7 Å². The predicted octanol–water partition coefficient (Wildman–Crippen LogP) is 3.93. The van der Waals surface area contributed by atoms with E-state index in [1.807, 2.05) is 48.5 Å². The highest BCUT2D eigenvalue weighted by atomic mass is 16.6. The molecule has 45 heavy (non-hydrogen) atoms. The molecule has 0 aliphatic heterocycles. The first-order valence-corrected chi connectivity index (χ1v) is 15.1. The van der Waals surface area contributed by atoms with Gasteiger partial charge in [-0.15, -0.1) is 0 Å². The Hall–Kier alpha value is -4.61. The number of amides is 4. The number of rotatable bonds is 14. The van der Waals surface area contributed by atoms with E-state index < -0.39 is 54.2 Å². The molecule has 12 nitrogen and oxygen atoms in total. The summed E-state index contributed by atoms with van der Waals surface area (Å²) >= 11 is 0. The van der Waals surface area contributed by atoms with Crippen LogP contribution in [0.15, 0.2) is 48.5 Å². The number of hydrogen-bond acceptors (Lipinski definition) is 7. The van der Waals surface area contributed by atoms with E-state index in [0.29, 0.717) is 12.8 Å². The van der Waals surface area contributed by atoms with E-state index in [2.05, 4.69) is 21.3 Å². The topological polar surface area (TPSA) is 172 Å². The Labute approximate surface area is 263 Å². The molecule has 0 radical (unpaired) electrons. The van der Waals surface area contributed by atoms with Crippen LogP contribution in [0.5, 0.6) is 0 Å². The van der Waals surface area contributed by atoms with Crippen molar-refractivity contribution in [3.8, 4) is 11.1 Å². The molecule has 4 amide bonds. The number of hydrogen-bond donors (Lipinski definition) is 5. The molecule has 5 N–H and O–H groups in total. The van der Waals surface area contributed by atoms with Gasteiger partial charge in [-0.3, -0.25) is 14.4 Å². The van der Waals surface area contributed by atoms with Crippen LogP contribution in [-0.2, 0) is 23.9 Å². The lowest BCUT2D eigenvalue weighted by molar-refractivity contribution is -0.138. The molecule has 12 heteroatoms. The molecule has 2 aromatic rings. The molecule has 0 aromatic heterocycles. The fraction of sp³-hybridized carbons (Fsp3) is 0.485. The molecule has 244 valence electrons. The molecule has 1 aliphatic carbocycles. The van der Waals surface area contributed by atoms with Crippen LogP contribution < -0.4 is 21.3 Å². The minimum atomic E-state index is -1.23. The van der Waals surface area contributed by atoms with Gasteiger partial charge in [0, 0.05) is 12.5 Å². The van der Waals surface area contributed by atoms with E-state index in [9.17, 15) is 24.0 Å². The molecule has 0 unspecified atom stereocenters. The van der Waals surface area contributed by atoms with Gasteiger partial charge in [0.05, 0.1) is 0 Å². The number of carboxylic acids is 1. The van der Waals surface area contributed by atoms with E-state index in [1.54, 1.807) is 34.6 Å². The van der Waals surface area contributed by atoms with Gasteiger partial charge in [0.2, 0.25) is 11.8 Å². The van der Waals surface area contributed by atoms with Crippen LogP contribution in [0, 0.1) is 5.92 Å². The van der Waals surface area contributed by atoms with Gasteiger partial charge in [0.1, 0.15) is 30.8 Å². The van der Waals surface area contributed by atoms with Crippen LogP contribution in [0.2, 0.25) is 0 Å². The Balaban J connectivity index is 1.58. The van der Waals surface area contributed by atoms with E-state index in [4.69, 9.17) is 14.6 Å². The van der Waals surface area contributed by atoms with E-state index in [-0.39, 0.29) is 31.4 Å². The molecule has 2 aromatic carbocycles. The molecule has 1 aliphatic rings. The summed E-state index contributed by atoms with van der Waals surface area (Å²) in [7, 11) is 0. The van der Waals surface area contributed by atoms with Crippen molar-refractivity contribution < 1.29 is 38.6 Å². The normalized spacial score (nSPS) is 13.6. The maximum absolute atomic E-state index is 13.3. The number of fused-ring (bicyclic) bond motifs is 3. The Morgan fingerprint density at radius 2 is 1.42 bits per heavy atom. The van der Waals surface area contributed by atoms with E-state index >= 15 is 0 Å². The summed E-state index contributed by atoms with van der Waals surface area (Å²) in [6, 6.07) is 13.8. The smallest absolute Gasteiger partial charge is 0.407 e. The summed E-state index contributed by atoms with van der Waals surface area (Å²) in [6.45, 7) is 8.49. The molecule has 3 rings (SSSR count). The molecule has 2 atom stereocenters. The number of benzene rings is 2. The predicted molar refractivity (Wildman–Crippen MR) is 167 cm³/mol. The second-order valence-corrected chi connectivity index (χ2v) is 12.3. The van der Waals surface area contributed by atoms with E-state index in [1.165, 1.54) is 0 Å². The third-order valence-electron chi connectivity index (χ3n) is 7.20. The highest BCUT2D eigenvalue weighted by molar-refractivity contribution is 5.92. The molecule has 0 saturated carbocycles. The SMILES string of the molecule is CC(C)[C@H](NC(=O)OCC1c2ccccc2-c2ccccc21)C(=O)N[C@@H](CCCCNC(=O)OC(C)(C)C)C(=O)NCC(=O)O. The zero-order valence-electron chi connectivity index (χ0n) is 26.5. The number of aliphatic carboxylic acids is 1. The average Bonchev–Trinajstić information content (AvgIpc) is 3.29. The van der Waals surface area contributed by atoms with Crippen molar-refractivity contribution >= 4 is 30.0 Å². The molecule has 0 spiro atoms. The van der Waals surface area contributed by atoms with Crippen molar-refractivity contribution in [1.29, 1.82) is 0 Å². The van der Waals surface area contributed by atoms with Gasteiger partial charge in [-0.05, 0) is 68.2 Å². The fourth-order valence-corrected chi connectivity index (χ4v) is 5.10. The van der Waals surface area contributed by atoms with Gasteiger partial charge >= 0.3 is 18.2 Å². The number of carbonyl (C=O) groups is 5. The lowest BCUT2D eigenvalue weighted by Gasteiger charge is -2.25. The van der Waals surface area contributed by atoms with Crippen molar-refractivity contribution in [1.82, 2.24) is 21.3 Å². The molecule has 0 fully saturated rings. The summed E-state index contributed by atoms with van der Waals surface area (Å²) in [6.07, 6.45) is -0.267. The minimum Gasteiger partial charge on any atom is -0.480 e. The van der Waals surface area contributed by atoms with Crippen molar-refractivity contribution in [2.45, 2.75) is 77.5 Å². The first kappa shape index (κ1) is 34.9. The Morgan fingerprint density at radius 3 is 1.98 bits per heavy atom. The number of alkyl carbamates (subject to hydrolysis) is 2. The van der Waals surface area contributed by atoms with Crippen LogP contribution in [-0.4, -0.2) is 72.5 Å². The highest BCUT2D eigenvalue weighted by Crippen LogP contribution is 2.44. The number of nitrogens with one attached hydrogen (secondary N) is 4. The standard InChI is InChI=1S/C33H44N4O8/c1-20(2)28(37-32(43)44-19-25-23-14-8-6-12-21(23)22-13-7-9-15-24(22)25)30(41)36-26(29(40)35-18-27(38)39)16-10-11-17-34-31(42)45-33(3,4)5/h6-9,12-15,20,25-26,28H,10-11,16-19H2,1-5H3,(H,34,42)(H,35,40)(H,36,41)(H,37,43)(H,38,39)/t26-,28-/m0/s1. The molecular formula is C33H44N4O8. The van der Waals surface area contributed by atoms with Crippen molar-refractivity contribution in [3.63, 3.8) is 0 Å². The van der Waals surface area contributed by atoms with Crippen LogP contribution in [0.4, 0.5) is 9.59 Å². The molecule has 0 heterocycles. The van der Waals surface area contributed by atoms with Crippen molar-refractivity contribution in [2.75, 3.05) is 19.7 Å². The third kappa shape index (κ3) is 10.5. The zero-order chi connectivity index (χ0) is 33.1. The lowest BCUT2D eigenvalue weighted by atomic mass is 9.98. The summed E-state index contributed by atoms with van der Waals surface area (Å²) < 4.78 is 10.8. The largest absolute Gasteiger partial charge is 0.480 e. The van der Waals surface area contributed by atoms with Gasteiger partial charge in [-0.2, -0.15) is 0 Å². The summed E-state index contributed by atoms with van der Waals surface area (Å²) in [5, 5.41) is 19.2. The third-order valence-corrected chi connectivity index (χ3v) is 7.20. The average molecular weight is 625 g/mol. The molecular weight excluding hydrogens is 580 g/mol. The quantitative estimate of drug-likeness (QED) is 0.197. The van der Waals surface area contributed by atoms with Gasteiger partial charge in [-0.1, -0.05) is 62.4 Å². The zero-order valence-corrected chi connectivity index (χ0v) is 26.5. The van der Waals surface area contributed by atoms with Crippen LogP contribution in [0.3, 0.4) is 0 Å². The summed E-state index contributed by atoms with van der Waals surface area (Å²) in [5.41, 5.74) is 3.66. The van der Waals surface area contributed by atoms with Gasteiger partial charge in [0.25, 0.3) is 0 Å². The number of unbranched alkanes of at least 4 members (excludes halogenated alkanes) is 1. The van der Waals surface area contributed by atoms with E-state index in [0.717, 1.165) is 22.3 Å². The maximum Gasteiger partial charge on any atom is 0.407 e.